The third-order valence-electron chi connectivity index (χ3n) is 9.94. The molecule has 1 amide bonds. The highest BCUT2D eigenvalue weighted by Crippen LogP contribution is 2.69. The van der Waals surface area contributed by atoms with Gasteiger partial charge in [0.05, 0.1) is 25.4 Å². The van der Waals surface area contributed by atoms with E-state index in [1.165, 1.54) is 11.1 Å². The number of rotatable bonds is 5. The highest BCUT2D eigenvalue weighted by atomic mass is 16.5. The van der Waals surface area contributed by atoms with Crippen molar-refractivity contribution < 1.29 is 19.0 Å². The molecule has 0 aromatic heterocycles. The number of hydrogen-bond donors (Lipinski definition) is 0. The number of hydrogen-bond acceptors (Lipinski definition) is 5. The SMILES string of the molecule is COCCN1CC[C@@]23c4cc(OC)ccc4C[C@@H]1[C@]21CC[C@@H]2[C@H]3[C@@H](CN2C(=O)c2ccccc2)O1. The van der Waals surface area contributed by atoms with E-state index in [1.807, 2.05) is 30.3 Å². The second-order valence-electron chi connectivity index (χ2n) is 11.0. The Kier molecular flexibility index (Phi) is 4.86. The average molecular weight is 475 g/mol. The number of amides is 1. The fraction of sp³-hybridized carbons (Fsp3) is 0.552. The van der Waals surface area contributed by atoms with Gasteiger partial charge in [0, 0.05) is 49.2 Å². The summed E-state index contributed by atoms with van der Waals surface area (Å²) >= 11 is 0. The fourth-order valence-electron chi connectivity index (χ4n) is 8.75. The molecule has 6 nitrogen and oxygen atoms in total. The van der Waals surface area contributed by atoms with Gasteiger partial charge >= 0.3 is 0 Å². The maximum Gasteiger partial charge on any atom is 0.254 e. The van der Waals surface area contributed by atoms with Crippen molar-refractivity contribution in [3.05, 3.63) is 65.2 Å². The molecule has 3 saturated heterocycles. The van der Waals surface area contributed by atoms with Crippen LogP contribution in [0.4, 0.5) is 0 Å². The van der Waals surface area contributed by atoms with Crippen molar-refractivity contribution in [3.8, 4) is 5.75 Å². The summed E-state index contributed by atoms with van der Waals surface area (Å²) in [6, 6.07) is 17.0. The third-order valence-corrected chi connectivity index (χ3v) is 9.94. The minimum absolute atomic E-state index is 0.0807. The summed E-state index contributed by atoms with van der Waals surface area (Å²) in [6.07, 6.45) is 4.14. The lowest BCUT2D eigenvalue weighted by atomic mass is 9.46. The van der Waals surface area contributed by atoms with E-state index < -0.39 is 0 Å². The van der Waals surface area contributed by atoms with Crippen molar-refractivity contribution in [1.82, 2.24) is 9.80 Å². The van der Waals surface area contributed by atoms with E-state index >= 15 is 0 Å². The Morgan fingerprint density at radius 3 is 2.80 bits per heavy atom. The summed E-state index contributed by atoms with van der Waals surface area (Å²) in [5.74, 6) is 1.39. The van der Waals surface area contributed by atoms with Crippen LogP contribution in [0, 0.1) is 5.92 Å². The van der Waals surface area contributed by atoms with Gasteiger partial charge in [0.15, 0.2) is 0 Å². The molecule has 6 atom stereocenters. The predicted molar refractivity (Wildman–Crippen MR) is 132 cm³/mol. The van der Waals surface area contributed by atoms with Gasteiger partial charge < -0.3 is 19.1 Å². The summed E-state index contributed by atoms with van der Waals surface area (Å²) in [5.41, 5.74) is 3.34. The molecule has 4 fully saturated rings. The van der Waals surface area contributed by atoms with Gasteiger partial charge in [-0.3, -0.25) is 9.69 Å². The van der Waals surface area contributed by atoms with Gasteiger partial charge in [-0.1, -0.05) is 24.3 Å². The molecular formula is C29H34N2O4. The molecule has 4 bridgehead atoms. The lowest BCUT2D eigenvalue weighted by Gasteiger charge is -2.64. The molecule has 0 radical (unpaired) electrons. The zero-order valence-electron chi connectivity index (χ0n) is 20.6. The van der Waals surface area contributed by atoms with Crippen LogP contribution >= 0.6 is 0 Å². The first kappa shape index (κ1) is 21.8. The van der Waals surface area contributed by atoms with Crippen LogP contribution < -0.4 is 4.74 Å². The number of methoxy groups -OCH3 is 2. The Balaban J connectivity index is 1.34. The van der Waals surface area contributed by atoms with E-state index in [4.69, 9.17) is 14.2 Å². The molecule has 2 aromatic carbocycles. The highest BCUT2D eigenvalue weighted by Gasteiger charge is 2.78. The van der Waals surface area contributed by atoms with Crippen molar-refractivity contribution in [2.45, 2.75) is 54.9 Å². The van der Waals surface area contributed by atoms with Crippen LogP contribution in [0.15, 0.2) is 48.5 Å². The molecule has 7 rings (SSSR count). The van der Waals surface area contributed by atoms with Crippen molar-refractivity contribution in [2.75, 3.05) is 40.5 Å². The van der Waals surface area contributed by atoms with Crippen LogP contribution in [-0.4, -0.2) is 80.0 Å². The maximum atomic E-state index is 13.6. The molecule has 2 aliphatic carbocycles. The standard InChI is InChI=1S/C29H34N2O4/c1-33-15-14-30-13-12-28-22-17-21(34-2)9-8-20(22)16-25(30)29(28)11-10-23-26(28)24(35-29)18-31(23)27(32)19-6-4-3-5-7-19/h3-9,17,23-26H,10-16,18H2,1-2H3/t23-,24-,25-,26+,28+,29-/m1/s1. The van der Waals surface area contributed by atoms with E-state index in [0.29, 0.717) is 18.5 Å². The minimum atomic E-state index is -0.202. The van der Waals surface area contributed by atoms with Gasteiger partial charge in [-0.15, -0.1) is 0 Å². The summed E-state index contributed by atoms with van der Waals surface area (Å²) < 4.78 is 18.5. The molecule has 3 aliphatic heterocycles. The van der Waals surface area contributed by atoms with Crippen molar-refractivity contribution >= 4 is 5.91 Å². The Bertz CT molecular complexity index is 1150. The predicted octanol–water partition coefficient (Wildman–Crippen LogP) is 3.28. The molecule has 2 aromatic rings. The van der Waals surface area contributed by atoms with Crippen molar-refractivity contribution in [3.63, 3.8) is 0 Å². The van der Waals surface area contributed by atoms with Gasteiger partial charge in [0.25, 0.3) is 5.91 Å². The van der Waals surface area contributed by atoms with Gasteiger partial charge in [-0.25, -0.2) is 0 Å². The topological polar surface area (TPSA) is 51.2 Å². The highest BCUT2D eigenvalue weighted by molar-refractivity contribution is 5.94. The summed E-state index contributed by atoms with van der Waals surface area (Å²) in [4.78, 5) is 18.4. The fourth-order valence-corrected chi connectivity index (χ4v) is 8.75. The summed E-state index contributed by atoms with van der Waals surface area (Å²) in [5, 5.41) is 0. The molecular weight excluding hydrogens is 440 g/mol. The number of fused-ring (bicyclic) bond motifs is 1. The third kappa shape index (κ3) is 2.73. The van der Waals surface area contributed by atoms with Gasteiger partial charge in [0.2, 0.25) is 0 Å². The molecule has 5 aliphatic rings. The summed E-state index contributed by atoms with van der Waals surface area (Å²) in [7, 11) is 3.54. The quantitative estimate of drug-likeness (QED) is 0.666. The van der Waals surface area contributed by atoms with Crippen LogP contribution in [0.25, 0.3) is 0 Å². The van der Waals surface area contributed by atoms with E-state index in [2.05, 4.69) is 28.0 Å². The lowest BCUT2D eigenvalue weighted by Crippen LogP contribution is -2.74. The average Bonchev–Trinajstić information content (AvgIpc) is 3.34. The second kappa shape index (κ2) is 7.79. The number of piperidine rings is 1. The lowest BCUT2D eigenvalue weighted by molar-refractivity contribution is -0.171. The molecule has 0 N–H and O–H groups in total. The van der Waals surface area contributed by atoms with Crippen LogP contribution in [-0.2, 0) is 21.3 Å². The number of nitrogens with zero attached hydrogens (tertiary/aromatic N) is 2. The van der Waals surface area contributed by atoms with Crippen molar-refractivity contribution in [2.24, 2.45) is 5.92 Å². The number of carbonyl (C=O) groups is 1. The Morgan fingerprint density at radius 2 is 2.00 bits per heavy atom. The number of benzene rings is 2. The first-order chi connectivity index (χ1) is 17.1. The van der Waals surface area contributed by atoms with E-state index in [9.17, 15) is 4.79 Å². The largest absolute Gasteiger partial charge is 0.497 e. The number of carbonyl (C=O) groups excluding carboxylic acids is 1. The van der Waals surface area contributed by atoms with Crippen LogP contribution in [0.3, 0.4) is 0 Å². The van der Waals surface area contributed by atoms with Crippen LogP contribution in [0.2, 0.25) is 0 Å². The molecule has 0 unspecified atom stereocenters. The maximum absolute atomic E-state index is 13.6. The molecule has 35 heavy (non-hydrogen) atoms. The monoisotopic (exact) mass is 474 g/mol. The number of ether oxygens (including phenoxy) is 3. The van der Waals surface area contributed by atoms with Gasteiger partial charge in [-0.05, 0) is 67.6 Å². The number of likely N-dealkylation sites (tertiary alicyclic amines) is 2. The van der Waals surface area contributed by atoms with Crippen LogP contribution in [0.1, 0.15) is 40.7 Å². The normalized spacial score (nSPS) is 36.6. The van der Waals surface area contributed by atoms with Gasteiger partial charge in [0.1, 0.15) is 5.75 Å². The minimum Gasteiger partial charge on any atom is -0.497 e. The molecule has 184 valence electrons. The van der Waals surface area contributed by atoms with E-state index in [-0.39, 0.29) is 29.1 Å². The van der Waals surface area contributed by atoms with Crippen LogP contribution in [0.5, 0.6) is 5.75 Å². The second-order valence-corrected chi connectivity index (χ2v) is 11.0. The Morgan fingerprint density at radius 1 is 1.14 bits per heavy atom. The Labute approximate surface area is 207 Å². The zero-order chi connectivity index (χ0) is 23.8. The van der Waals surface area contributed by atoms with Gasteiger partial charge in [-0.2, -0.15) is 0 Å². The molecule has 1 saturated carbocycles. The first-order valence-electron chi connectivity index (χ1n) is 13.1. The molecule has 6 heteroatoms. The smallest absolute Gasteiger partial charge is 0.254 e. The van der Waals surface area contributed by atoms with Crippen molar-refractivity contribution in [1.29, 1.82) is 0 Å². The zero-order valence-corrected chi connectivity index (χ0v) is 20.6. The molecule has 0 spiro atoms. The summed E-state index contributed by atoms with van der Waals surface area (Å²) in [6.45, 7) is 3.41. The van der Waals surface area contributed by atoms with E-state index in [1.54, 1.807) is 14.2 Å². The molecule has 3 heterocycles. The van der Waals surface area contributed by atoms with E-state index in [0.717, 1.165) is 56.7 Å². The Hall–Kier alpha value is -2.41. The first-order valence-corrected chi connectivity index (χ1v) is 13.1.